The molecule has 18 heavy (non-hydrogen) atoms. The van der Waals surface area contributed by atoms with Gasteiger partial charge in [0.15, 0.2) is 0 Å². The second-order valence-corrected chi connectivity index (χ2v) is 3.71. The first-order valence-electron chi connectivity index (χ1n) is 5.77. The van der Waals surface area contributed by atoms with Crippen LogP contribution < -0.4 is 10.1 Å². The summed E-state index contributed by atoms with van der Waals surface area (Å²) in [7, 11) is 0. The first-order chi connectivity index (χ1) is 8.79. The van der Waals surface area contributed by atoms with Crippen LogP contribution in [0.15, 0.2) is 43.0 Å². The first-order valence-corrected chi connectivity index (χ1v) is 5.77. The molecule has 0 aliphatic heterocycles. The molecule has 1 N–H and O–H groups in total. The molecule has 0 fully saturated rings. The van der Waals surface area contributed by atoms with Gasteiger partial charge in [-0.25, -0.2) is 4.98 Å². The summed E-state index contributed by atoms with van der Waals surface area (Å²) >= 11 is 0. The summed E-state index contributed by atoms with van der Waals surface area (Å²) in [4.78, 5) is 15.7. The van der Waals surface area contributed by atoms with E-state index >= 15 is 0 Å². The van der Waals surface area contributed by atoms with Crippen molar-refractivity contribution >= 4 is 11.6 Å². The van der Waals surface area contributed by atoms with Gasteiger partial charge in [0.2, 0.25) is 5.91 Å². The van der Waals surface area contributed by atoms with Crippen LogP contribution in [0.5, 0.6) is 5.75 Å². The van der Waals surface area contributed by atoms with Gasteiger partial charge in [-0.05, 0) is 19.1 Å². The van der Waals surface area contributed by atoms with Crippen molar-refractivity contribution in [3.8, 4) is 5.75 Å². The predicted octanol–water partition coefficient (Wildman–Crippen LogP) is 1.92. The number of para-hydroxylation sites is 2. The van der Waals surface area contributed by atoms with Crippen LogP contribution in [0.25, 0.3) is 0 Å². The summed E-state index contributed by atoms with van der Waals surface area (Å²) in [6, 6.07) is 7.37. The number of rotatable bonds is 5. The van der Waals surface area contributed by atoms with Gasteiger partial charge in [-0.2, -0.15) is 0 Å². The fourth-order valence-corrected chi connectivity index (χ4v) is 1.59. The quantitative estimate of drug-likeness (QED) is 0.875. The number of imidazole rings is 1. The van der Waals surface area contributed by atoms with Gasteiger partial charge < -0.3 is 14.6 Å². The minimum Gasteiger partial charge on any atom is -0.492 e. The lowest BCUT2D eigenvalue weighted by atomic mass is 10.3. The third-order valence-electron chi connectivity index (χ3n) is 2.35. The van der Waals surface area contributed by atoms with Crippen LogP contribution in [0, 0.1) is 0 Å². The van der Waals surface area contributed by atoms with Gasteiger partial charge in [-0.3, -0.25) is 4.79 Å². The van der Waals surface area contributed by atoms with Crippen molar-refractivity contribution in [2.24, 2.45) is 0 Å². The highest BCUT2D eigenvalue weighted by molar-refractivity contribution is 5.92. The number of carbonyl (C=O) groups is 1. The Balaban J connectivity index is 2.02. The molecule has 94 valence electrons. The van der Waals surface area contributed by atoms with E-state index in [1.165, 1.54) is 0 Å². The Labute approximate surface area is 105 Å². The molecule has 0 aliphatic carbocycles. The maximum absolute atomic E-state index is 11.8. The number of carbonyl (C=O) groups excluding carboxylic acids is 1. The highest BCUT2D eigenvalue weighted by atomic mass is 16.5. The van der Waals surface area contributed by atoms with Crippen LogP contribution >= 0.6 is 0 Å². The Bertz CT molecular complexity index is 509. The van der Waals surface area contributed by atoms with Crippen LogP contribution in [0.3, 0.4) is 0 Å². The number of aromatic nitrogens is 2. The zero-order chi connectivity index (χ0) is 12.8. The van der Waals surface area contributed by atoms with Crippen molar-refractivity contribution in [2.75, 3.05) is 11.9 Å². The number of hydrogen-bond acceptors (Lipinski definition) is 3. The summed E-state index contributed by atoms with van der Waals surface area (Å²) in [6.07, 6.45) is 4.99. The molecule has 0 bridgehead atoms. The van der Waals surface area contributed by atoms with E-state index in [0.29, 0.717) is 18.0 Å². The monoisotopic (exact) mass is 245 g/mol. The molecule has 5 heteroatoms. The average molecular weight is 245 g/mol. The molecule has 5 nitrogen and oxygen atoms in total. The molecule has 0 spiro atoms. The second kappa shape index (κ2) is 5.86. The smallest absolute Gasteiger partial charge is 0.244 e. The summed E-state index contributed by atoms with van der Waals surface area (Å²) in [5, 5.41) is 2.82. The zero-order valence-electron chi connectivity index (χ0n) is 10.2. The van der Waals surface area contributed by atoms with Gasteiger partial charge in [-0.1, -0.05) is 12.1 Å². The van der Waals surface area contributed by atoms with E-state index in [4.69, 9.17) is 4.74 Å². The van der Waals surface area contributed by atoms with Crippen LogP contribution in [0.1, 0.15) is 6.92 Å². The number of nitrogens with one attached hydrogen (secondary N) is 1. The Morgan fingerprint density at radius 1 is 1.44 bits per heavy atom. The van der Waals surface area contributed by atoms with E-state index in [-0.39, 0.29) is 12.5 Å². The molecule has 0 atom stereocenters. The largest absolute Gasteiger partial charge is 0.492 e. The van der Waals surface area contributed by atoms with E-state index in [1.807, 2.05) is 31.2 Å². The van der Waals surface area contributed by atoms with Crippen LogP contribution in [-0.4, -0.2) is 22.1 Å². The van der Waals surface area contributed by atoms with Crippen molar-refractivity contribution in [1.82, 2.24) is 9.55 Å². The standard InChI is InChI=1S/C13H15N3O2/c1-2-18-12-6-4-3-5-11(12)15-13(17)9-16-8-7-14-10-16/h3-8,10H,2,9H2,1H3,(H,15,17). The van der Waals surface area contributed by atoms with Crippen molar-refractivity contribution in [2.45, 2.75) is 13.5 Å². The fourth-order valence-electron chi connectivity index (χ4n) is 1.59. The number of ether oxygens (including phenoxy) is 1. The molecule has 0 radical (unpaired) electrons. The molecule has 1 heterocycles. The molecule has 2 rings (SSSR count). The van der Waals surface area contributed by atoms with Gasteiger partial charge >= 0.3 is 0 Å². The lowest BCUT2D eigenvalue weighted by molar-refractivity contribution is -0.116. The molecule has 0 unspecified atom stereocenters. The van der Waals surface area contributed by atoms with E-state index in [1.54, 1.807) is 23.3 Å². The molecule has 0 aliphatic rings. The number of nitrogens with zero attached hydrogens (tertiary/aromatic N) is 2. The molecule has 0 saturated carbocycles. The van der Waals surface area contributed by atoms with Gasteiger partial charge in [0.05, 0.1) is 18.6 Å². The highest BCUT2D eigenvalue weighted by Gasteiger charge is 2.07. The third-order valence-corrected chi connectivity index (χ3v) is 2.35. The van der Waals surface area contributed by atoms with E-state index in [0.717, 1.165) is 0 Å². The van der Waals surface area contributed by atoms with Crippen molar-refractivity contribution in [3.63, 3.8) is 0 Å². The minimum atomic E-state index is -0.111. The summed E-state index contributed by atoms with van der Waals surface area (Å²) in [6.45, 7) is 2.71. The average Bonchev–Trinajstić information content (AvgIpc) is 2.84. The molecule has 2 aromatic rings. The Kier molecular flexibility index (Phi) is 3.96. The molecular formula is C13H15N3O2. The maximum Gasteiger partial charge on any atom is 0.244 e. The Morgan fingerprint density at radius 2 is 2.28 bits per heavy atom. The van der Waals surface area contributed by atoms with E-state index in [2.05, 4.69) is 10.3 Å². The summed E-state index contributed by atoms with van der Waals surface area (Å²) in [5.41, 5.74) is 0.685. The minimum absolute atomic E-state index is 0.111. The van der Waals surface area contributed by atoms with Gasteiger partial charge in [0, 0.05) is 12.4 Å². The topological polar surface area (TPSA) is 56.1 Å². The summed E-state index contributed by atoms with van der Waals surface area (Å²) in [5.74, 6) is 0.569. The molecular weight excluding hydrogens is 230 g/mol. The van der Waals surface area contributed by atoms with Crippen LogP contribution in [0.4, 0.5) is 5.69 Å². The lowest BCUT2D eigenvalue weighted by Crippen LogP contribution is -2.18. The van der Waals surface area contributed by atoms with Crippen molar-refractivity contribution < 1.29 is 9.53 Å². The van der Waals surface area contributed by atoms with Crippen LogP contribution in [-0.2, 0) is 11.3 Å². The lowest BCUT2D eigenvalue weighted by Gasteiger charge is -2.11. The number of hydrogen-bond donors (Lipinski definition) is 1. The molecule has 1 aromatic carbocycles. The number of amides is 1. The molecule has 1 amide bonds. The molecule has 0 saturated heterocycles. The fraction of sp³-hybridized carbons (Fsp3) is 0.231. The SMILES string of the molecule is CCOc1ccccc1NC(=O)Cn1ccnc1. The second-order valence-electron chi connectivity index (χ2n) is 3.71. The zero-order valence-corrected chi connectivity index (χ0v) is 10.2. The van der Waals surface area contributed by atoms with E-state index < -0.39 is 0 Å². The number of anilines is 1. The first kappa shape index (κ1) is 12.2. The molecule has 1 aromatic heterocycles. The highest BCUT2D eigenvalue weighted by Crippen LogP contribution is 2.23. The van der Waals surface area contributed by atoms with Gasteiger partial charge in [0.25, 0.3) is 0 Å². The Hall–Kier alpha value is -2.30. The van der Waals surface area contributed by atoms with E-state index in [9.17, 15) is 4.79 Å². The van der Waals surface area contributed by atoms with Gasteiger partial charge in [-0.15, -0.1) is 0 Å². The number of benzene rings is 1. The Morgan fingerprint density at radius 3 is 3.00 bits per heavy atom. The normalized spacial score (nSPS) is 10.1. The summed E-state index contributed by atoms with van der Waals surface area (Å²) < 4.78 is 7.15. The third kappa shape index (κ3) is 3.10. The van der Waals surface area contributed by atoms with Crippen molar-refractivity contribution in [1.29, 1.82) is 0 Å². The maximum atomic E-state index is 11.8. The predicted molar refractivity (Wildman–Crippen MR) is 68.5 cm³/mol. The van der Waals surface area contributed by atoms with Gasteiger partial charge in [0.1, 0.15) is 12.3 Å². The van der Waals surface area contributed by atoms with Crippen molar-refractivity contribution in [3.05, 3.63) is 43.0 Å². The van der Waals surface area contributed by atoms with Crippen LogP contribution in [0.2, 0.25) is 0 Å².